The summed E-state index contributed by atoms with van der Waals surface area (Å²) in [4.78, 5) is 9.53. The summed E-state index contributed by atoms with van der Waals surface area (Å²) in [6.45, 7) is 2.17. The Morgan fingerprint density at radius 3 is 2.45 bits per heavy atom. The van der Waals surface area contributed by atoms with Gasteiger partial charge in [-0.25, -0.2) is 9.97 Å². The molecule has 1 saturated carbocycles. The molecule has 2 aromatic carbocycles. The Hall–Kier alpha value is -2.42. The van der Waals surface area contributed by atoms with Crippen molar-refractivity contribution in [3.63, 3.8) is 0 Å². The van der Waals surface area contributed by atoms with Crippen LogP contribution in [0.25, 0.3) is 10.9 Å². The van der Waals surface area contributed by atoms with Crippen LogP contribution in [-0.2, 0) is 0 Å². The number of rotatable bonds is 4. The normalized spacial score (nSPS) is 15.7. The molecular weight excluding hydrogens is 270 g/mol. The molecule has 4 rings (SSSR count). The topological polar surface area (TPSA) is 37.8 Å². The monoisotopic (exact) mass is 289 g/mol. The minimum atomic E-state index is 0.214. The largest absolute Gasteiger partial charge is 0.363 e. The fourth-order valence-electron chi connectivity index (χ4n) is 2.76. The fourth-order valence-corrected chi connectivity index (χ4v) is 2.76. The average molecular weight is 289 g/mol. The Kier molecular flexibility index (Phi) is 3.26. The maximum absolute atomic E-state index is 4.81. The van der Waals surface area contributed by atoms with E-state index in [2.05, 4.69) is 48.6 Å². The molecule has 0 amide bonds. The van der Waals surface area contributed by atoms with Crippen LogP contribution in [-0.4, -0.2) is 9.97 Å². The maximum Gasteiger partial charge on any atom is 0.138 e. The molecule has 1 fully saturated rings. The predicted octanol–water partition coefficient (Wildman–Crippen LogP) is 4.68. The summed E-state index contributed by atoms with van der Waals surface area (Å²) in [5.74, 6) is 2.49. The summed E-state index contributed by atoms with van der Waals surface area (Å²) in [7, 11) is 0. The van der Waals surface area contributed by atoms with Crippen molar-refractivity contribution < 1.29 is 0 Å². The molecule has 0 aliphatic heterocycles. The van der Waals surface area contributed by atoms with E-state index in [1.165, 1.54) is 18.4 Å². The van der Waals surface area contributed by atoms with E-state index in [1.54, 1.807) is 0 Å². The number of nitrogens with one attached hydrogen (secondary N) is 1. The molecule has 1 aliphatic rings. The highest BCUT2D eigenvalue weighted by atomic mass is 15.1. The summed E-state index contributed by atoms with van der Waals surface area (Å²) in [6, 6.07) is 18.9. The van der Waals surface area contributed by atoms with Crippen molar-refractivity contribution in [2.24, 2.45) is 0 Å². The third-order valence-corrected chi connectivity index (χ3v) is 4.22. The molecule has 1 unspecified atom stereocenters. The lowest BCUT2D eigenvalue weighted by molar-refractivity contribution is 0.862. The van der Waals surface area contributed by atoms with E-state index in [0.29, 0.717) is 5.92 Å². The van der Waals surface area contributed by atoms with Crippen LogP contribution in [0.1, 0.15) is 43.1 Å². The van der Waals surface area contributed by atoms with E-state index in [9.17, 15) is 0 Å². The second kappa shape index (κ2) is 5.41. The number of anilines is 1. The van der Waals surface area contributed by atoms with Gasteiger partial charge in [-0.3, -0.25) is 0 Å². The van der Waals surface area contributed by atoms with Gasteiger partial charge >= 0.3 is 0 Å². The third kappa shape index (κ3) is 2.54. The van der Waals surface area contributed by atoms with Gasteiger partial charge in [0.05, 0.1) is 5.52 Å². The second-order valence-electron chi connectivity index (χ2n) is 6.00. The van der Waals surface area contributed by atoms with Crippen LogP contribution < -0.4 is 5.32 Å². The molecular formula is C19H19N3. The van der Waals surface area contributed by atoms with Crippen LogP contribution in [0.2, 0.25) is 0 Å². The lowest BCUT2D eigenvalue weighted by Crippen LogP contribution is -2.10. The fraction of sp³-hybridized carbons (Fsp3) is 0.263. The Balaban J connectivity index is 1.73. The zero-order chi connectivity index (χ0) is 14.9. The Morgan fingerprint density at radius 1 is 0.955 bits per heavy atom. The van der Waals surface area contributed by atoms with E-state index < -0.39 is 0 Å². The lowest BCUT2D eigenvalue weighted by Gasteiger charge is -2.17. The van der Waals surface area contributed by atoms with Gasteiger partial charge in [0.2, 0.25) is 0 Å². The minimum absolute atomic E-state index is 0.214. The van der Waals surface area contributed by atoms with E-state index in [4.69, 9.17) is 9.97 Å². The molecule has 3 heteroatoms. The number of fused-ring (bicyclic) bond motifs is 1. The first-order valence-electron chi connectivity index (χ1n) is 7.89. The number of hydrogen-bond acceptors (Lipinski definition) is 3. The first-order valence-corrected chi connectivity index (χ1v) is 7.89. The Bertz CT molecular complexity index is 794. The predicted molar refractivity (Wildman–Crippen MR) is 90.0 cm³/mol. The second-order valence-corrected chi connectivity index (χ2v) is 6.00. The highest BCUT2D eigenvalue weighted by molar-refractivity contribution is 5.89. The van der Waals surface area contributed by atoms with Gasteiger partial charge in [-0.1, -0.05) is 42.5 Å². The van der Waals surface area contributed by atoms with Crippen LogP contribution in [0.15, 0.2) is 54.6 Å². The van der Waals surface area contributed by atoms with E-state index in [1.807, 2.05) is 18.2 Å². The smallest absolute Gasteiger partial charge is 0.138 e. The summed E-state index contributed by atoms with van der Waals surface area (Å²) in [5, 5.41) is 4.67. The van der Waals surface area contributed by atoms with Crippen molar-refractivity contribution in [3.8, 4) is 0 Å². The molecule has 0 saturated heterocycles. The van der Waals surface area contributed by atoms with Crippen molar-refractivity contribution in [1.29, 1.82) is 0 Å². The SMILES string of the molecule is CC(Nc1nc(C2CC2)nc2ccccc12)c1ccccc1. The van der Waals surface area contributed by atoms with Crippen LogP contribution in [0.3, 0.4) is 0 Å². The number of para-hydroxylation sites is 1. The van der Waals surface area contributed by atoms with E-state index >= 15 is 0 Å². The Labute approximate surface area is 130 Å². The molecule has 22 heavy (non-hydrogen) atoms. The highest BCUT2D eigenvalue weighted by Crippen LogP contribution is 2.39. The molecule has 1 N–H and O–H groups in total. The Morgan fingerprint density at radius 2 is 1.68 bits per heavy atom. The minimum Gasteiger partial charge on any atom is -0.363 e. The zero-order valence-corrected chi connectivity index (χ0v) is 12.7. The van der Waals surface area contributed by atoms with Crippen LogP contribution in [0.5, 0.6) is 0 Å². The highest BCUT2D eigenvalue weighted by Gasteiger charge is 2.27. The number of nitrogens with zero attached hydrogens (tertiary/aromatic N) is 2. The van der Waals surface area contributed by atoms with E-state index in [-0.39, 0.29) is 6.04 Å². The number of aromatic nitrogens is 2. The molecule has 1 aromatic heterocycles. The van der Waals surface area contributed by atoms with Crippen molar-refractivity contribution in [1.82, 2.24) is 9.97 Å². The van der Waals surface area contributed by atoms with Gasteiger partial charge < -0.3 is 5.32 Å². The molecule has 1 atom stereocenters. The van der Waals surface area contributed by atoms with Gasteiger partial charge in [-0.15, -0.1) is 0 Å². The van der Waals surface area contributed by atoms with Crippen molar-refractivity contribution in [2.45, 2.75) is 31.7 Å². The maximum atomic E-state index is 4.81. The summed E-state index contributed by atoms with van der Waals surface area (Å²) >= 11 is 0. The third-order valence-electron chi connectivity index (χ3n) is 4.22. The standard InChI is InChI=1S/C19H19N3/c1-13(14-7-3-2-4-8-14)20-19-16-9-5-6-10-17(16)21-18(22-19)15-11-12-15/h2-10,13,15H,11-12H2,1H3,(H,20,21,22). The lowest BCUT2D eigenvalue weighted by atomic mass is 10.1. The van der Waals surface area contributed by atoms with Crippen molar-refractivity contribution in [3.05, 3.63) is 66.0 Å². The molecule has 3 nitrogen and oxygen atoms in total. The van der Waals surface area contributed by atoms with Gasteiger partial charge in [0.25, 0.3) is 0 Å². The summed E-state index contributed by atoms with van der Waals surface area (Å²) in [5.41, 5.74) is 2.29. The van der Waals surface area contributed by atoms with Crippen LogP contribution in [0, 0.1) is 0 Å². The van der Waals surface area contributed by atoms with Gasteiger partial charge in [0.1, 0.15) is 11.6 Å². The molecule has 110 valence electrons. The van der Waals surface area contributed by atoms with Gasteiger partial charge in [-0.05, 0) is 37.5 Å². The summed E-state index contributed by atoms with van der Waals surface area (Å²) < 4.78 is 0. The first kappa shape index (κ1) is 13.3. The van der Waals surface area contributed by atoms with Crippen molar-refractivity contribution >= 4 is 16.7 Å². The van der Waals surface area contributed by atoms with Crippen molar-refractivity contribution in [2.75, 3.05) is 5.32 Å². The zero-order valence-electron chi connectivity index (χ0n) is 12.7. The van der Waals surface area contributed by atoms with Crippen LogP contribution >= 0.6 is 0 Å². The summed E-state index contributed by atoms with van der Waals surface area (Å²) in [6.07, 6.45) is 2.43. The average Bonchev–Trinajstić information content (AvgIpc) is 3.40. The molecule has 0 bridgehead atoms. The van der Waals surface area contributed by atoms with Crippen LogP contribution in [0.4, 0.5) is 5.82 Å². The molecule has 1 aliphatic carbocycles. The van der Waals surface area contributed by atoms with E-state index in [0.717, 1.165) is 22.5 Å². The number of benzene rings is 2. The molecule has 0 spiro atoms. The quantitative estimate of drug-likeness (QED) is 0.757. The first-order chi connectivity index (χ1) is 10.8. The molecule has 3 aromatic rings. The molecule has 1 heterocycles. The van der Waals surface area contributed by atoms with Gasteiger partial charge in [-0.2, -0.15) is 0 Å². The number of hydrogen-bond donors (Lipinski definition) is 1. The van der Waals surface area contributed by atoms with Gasteiger partial charge in [0.15, 0.2) is 0 Å². The molecule has 0 radical (unpaired) electrons. The van der Waals surface area contributed by atoms with Gasteiger partial charge in [0, 0.05) is 17.3 Å².